The molecule has 0 heterocycles. The highest BCUT2D eigenvalue weighted by atomic mass is 16.3. The third kappa shape index (κ3) is 7.88. The molecular weight excluding hydrogens is 222 g/mol. The molecule has 1 atom stereocenters. The van der Waals surface area contributed by atoms with Gasteiger partial charge in [-0.05, 0) is 32.2 Å². The van der Waals surface area contributed by atoms with E-state index in [4.69, 9.17) is 0 Å². The molecule has 1 saturated carbocycles. The summed E-state index contributed by atoms with van der Waals surface area (Å²) < 4.78 is 0. The molecule has 1 aliphatic rings. The van der Waals surface area contributed by atoms with Crippen LogP contribution in [0.1, 0.15) is 71.1 Å². The molecule has 106 valence electrons. The van der Waals surface area contributed by atoms with E-state index in [1.165, 1.54) is 44.9 Å². The summed E-state index contributed by atoms with van der Waals surface area (Å²) in [5, 5.41) is 13.3. The number of hydrogen-bond acceptors (Lipinski definition) is 2. The van der Waals surface area contributed by atoms with Gasteiger partial charge in [0.1, 0.15) is 0 Å². The molecule has 1 fully saturated rings. The van der Waals surface area contributed by atoms with Crippen LogP contribution in [0.4, 0.5) is 0 Å². The van der Waals surface area contributed by atoms with Crippen LogP contribution in [0.2, 0.25) is 0 Å². The van der Waals surface area contributed by atoms with Gasteiger partial charge in [0.05, 0.1) is 6.10 Å². The molecule has 0 spiro atoms. The summed E-state index contributed by atoms with van der Waals surface area (Å²) in [6.45, 7) is 3.25. The topological polar surface area (TPSA) is 32.3 Å². The highest BCUT2D eigenvalue weighted by molar-refractivity contribution is 4.89. The first-order valence-electron chi connectivity index (χ1n) is 7.91. The van der Waals surface area contributed by atoms with Gasteiger partial charge in [-0.15, -0.1) is 0 Å². The van der Waals surface area contributed by atoms with Crippen LogP contribution < -0.4 is 5.32 Å². The number of unbranched alkanes of at least 4 members (excludes halogenated alkanes) is 2. The van der Waals surface area contributed by atoms with Crippen molar-refractivity contribution in [3.05, 3.63) is 12.2 Å². The van der Waals surface area contributed by atoms with Crippen LogP contribution in [0.3, 0.4) is 0 Å². The van der Waals surface area contributed by atoms with E-state index in [0.29, 0.717) is 0 Å². The molecule has 0 radical (unpaired) electrons. The standard InChI is InChI=1S/C16H31NO/c1-2-3-5-12-16(18)13-8-9-14-17-15-10-6-4-7-11-15/h8,13,15-18H,2-7,9-12,14H2,1H3/b13-8-. The summed E-state index contributed by atoms with van der Waals surface area (Å²) in [5.41, 5.74) is 0. The third-order valence-electron chi connectivity index (χ3n) is 3.81. The molecule has 0 aromatic carbocycles. The molecule has 2 N–H and O–H groups in total. The summed E-state index contributed by atoms with van der Waals surface area (Å²) in [6, 6.07) is 0.752. The van der Waals surface area contributed by atoms with Crippen LogP contribution in [-0.4, -0.2) is 23.8 Å². The van der Waals surface area contributed by atoms with E-state index in [9.17, 15) is 5.11 Å². The van der Waals surface area contributed by atoms with E-state index in [-0.39, 0.29) is 6.10 Å². The van der Waals surface area contributed by atoms with Crippen molar-refractivity contribution in [2.75, 3.05) is 6.54 Å². The summed E-state index contributed by atoms with van der Waals surface area (Å²) in [6.07, 6.45) is 16.3. The van der Waals surface area contributed by atoms with Gasteiger partial charge in [-0.2, -0.15) is 0 Å². The van der Waals surface area contributed by atoms with Crippen LogP contribution in [0.25, 0.3) is 0 Å². The molecule has 1 unspecified atom stereocenters. The number of hydrogen-bond donors (Lipinski definition) is 2. The first kappa shape index (κ1) is 15.7. The lowest BCUT2D eigenvalue weighted by Gasteiger charge is -2.22. The first-order valence-corrected chi connectivity index (χ1v) is 7.91. The third-order valence-corrected chi connectivity index (χ3v) is 3.81. The first-order chi connectivity index (χ1) is 8.83. The fourth-order valence-corrected chi connectivity index (χ4v) is 2.63. The lowest BCUT2D eigenvalue weighted by Crippen LogP contribution is -2.31. The van der Waals surface area contributed by atoms with Crippen molar-refractivity contribution in [2.24, 2.45) is 0 Å². The highest BCUT2D eigenvalue weighted by Crippen LogP contribution is 2.17. The van der Waals surface area contributed by atoms with E-state index in [2.05, 4.69) is 18.3 Å². The van der Waals surface area contributed by atoms with Crippen molar-refractivity contribution in [1.82, 2.24) is 5.32 Å². The maximum absolute atomic E-state index is 9.72. The Hall–Kier alpha value is -0.340. The van der Waals surface area contributed by atoms with Crippen molar-refractivity contribution in [3.63, 3.8) is 0 Å². The molecular formula is C16H31NO. The SMILES string of the molecule is CCCCCC(O)/C=C\CCNC1CCCCC1. The molecule has 0 bridgehead atoms. The Balaban J connectivity index is 1.95. The Morgan fingerprint density at radius 3 is 2.72 bits per heavy atom. The maximum Gasteiger partial charge on any atom is 0.0720 e. The fraction of sp³-hybridized carbons (Fsp3) is 0.875. The minimum Gasteiger partial charge on any atom is -0.389 e. The fourth-order valence-electron chi connectivity index (χ4n) is 2.63. The molecule has 1 rings (SSSR count). The average molecular weight is 253 g/mol. The smallest absolute Gasteiger partial charge is 0.0720 e. The molecule has 0 aliphatic heterocycles. The van der Waals surface area contributed by atoms with Gasteiger partial charge in [0.2, 0.25) is 0 Å². The second kappa shape index (κ2) is 10.6. The lowest BCUT2D eigenvalue weighted by molar-refractivity contribution is 0.208. The lowest BCUT2D eigenvalue weighted by atomic mass is 9.95. The zero-order valence-corrected chi connectivity index (χ0v) is 12.0. The predicted octanol–water partition coefficient (Wildman–Crippen LogP) is 3.80. The molecule has 0 aromatic rings. The van der Waals surface area contributed by atoms with Crippen molar-refractivity contribution in [1.29, 1.82) is 0 Å². The van der Waals surface area contributed by atoms with Crippen molar-refractivity contribution in [2.45, 2.75) is 83.3 Å². The zero-order valence-electron chi connectivity index (χ0n) is 12.0. The van der Waals surface area contributed by atoms with E-state index in [1.54, 1.807) is 0 Å². The van der Waals surface area contributed by atoms with Crippen LogP contribution in [0, 0.1) is 0 Å². The van der Waals surface area contributed by atoms with Gasteiger partial charge in [0, 0.05) is 6.04 Å². The van der Waals surface area contributed by atoms with Gasteiger partial charge in [0.15, 0.2) is 0 Å². The Morgan fingerprint density at radius 2 is 2.00 bits per heavy atom. The molecule has 1 aliphatic carbocycles. The van der Waals surface area contributed by atoms with Crippen molar-refractivity contribution >= 4 is 0 Å². The van der Waals surface area contributed by atoms with Crippen molar-refractivity contribution < 1.29 is 5.11 Å². The van der Waals surface area contributed by atoms with Crippen LogP contribution >= 0.6 is 0 Å². The number of aliphatic hydroxyl groups is 1. The minimum absolute atomic E-state index is 0.230. The van der Waals surface area contributed by atoms with E-state index in [0.717, 1.165) is 31.8 Å². The number of rotatable bonds is 9. The normalized spacial score (nSPS) is 19.4. The zero-order chi connectivity index (χ0) is 13.1. The van der Waals surface area contributed by atoms with Crippen LogP contribution in [0.15, 0.2) is 12.2 Å². The predicted molar refractivity (Wildman–Crippen MR) is 78.8 cm³/mol. The van der Waals surface area contributed by atoms with Crippen molar-refractivity contribution in [3.8, 4) is 0 Å². The van der Waals surface area contributed by atoms with Gasteiger partial charge in [-0.3, -0.25) is 0 Å². The summed E-state index contributed by atoms with van der Waals surface area (Å²) in [5.74, 6) is 0. The van der Waals surface area contributed by atoms with Gasteiger partial charge in [-0.1, -0.05) is 57.6 Å². The van der Waals surface area contributed by atoms with Crippen LogP contribution in [0.5, 0.6) is 0 Å². The van der Waals surface area contributed by atoms with Gasteiger partial charge >= 0.3 is 0 Å². The number of aliphatic hydroxyl groups excluding tert-OH is 1. The molecule has 2 nitrogen and oxygen atoms in total. The maximum atomic E-state index is 9.72. The quantitative estimate of drug-likeness (QED) is 0.484. The van der Waals surface area contributed by atoms with Gasteiger partial charge in [-0.25, -0.2) is 0 Å². The summed E-state index contributed by atoms with van der Waals surface area (Å²) in [4.78, 5) is 0. The average Bonchev–Trinajstić information content (AvgIpc) is 2.40. The van der Waals surface area contributed by atoms with Gasteiger partial charge < -0.3 is 10.4 Å². The van der Waals surface area contributed by atoms with E-state index < -0.39 is 0 Å². The molecule has 0 amide bonds. The van der Waals surface area contributed by atoms with Gasteiger partial charge in [0.25, 0.3) is 0 Å². The monoisotopic (exact) mass is 253 g/mol. The Morgan fingerprint density at radius 1 is 1.22 bits per heavy atom. The Kier molecular flexibility index (Phi) is 9.23. The molecule has 2 heteroatoms. The molecule has 18 heavy (non-hydrogen) atoms. The summed E-state index contributed by atoms with van der Waals surface area (Å²) in [7, 11) is 0. The Bertz CT molecular complexity index is 209. The largest absolute Gasteiger partial charge is 0.389 e. The second-order valence-corrected chi connectivity index (χ2v) is 5.57. The summed E-state index contributed by atoms with van der Waals surface area (Å²) >= 11 is 0. The van der Waals surface area contributed by atoms with Crippen LogP contribution in [-0.2, 0) is 0 Å². The number of nitrogens with one attached hydrogen (secondary N) is 1. The minimum atomic E-state index is -0.230. The highest BCUT2D eigenvalue weighted by Gasteiger charge is 2.11. The van der Waals surface area contributed by atoms with E-state index in [1.807, 2.05) is 6.08 Å². The van der Waals surface area contributed by atoms with E-state index >= 15 is 0 Å². The Labute approximate surface area is 113 Å². The second-order valence-electron chi connectivity index (χ2n) is 5.57. The molecule has 0 saturated heterocycles. The molecule has 0 aromatic heterocycles.